The number of carboxylic acids is 2. The van der Waals surface area contributed by atoms with E-state index in [4.69, 9.17) is 24.9 Å². The zero-order chi connectivity index (χ0) is 19.0. The van der Waals surface area contributed by atoms with Crippen LogP contribution in [0.5, 0.6) is 0 Å². The molecule has 0 aliphatic carbocycles. The number of fused-ring (bicyclic) bond motifs is 1. The van der Waals surface area contributed by atoms with Crippen LogP contribution in [0.15, 0.2) is 17.1 Å². The number of rotatable bonds is 5. The Balaban J connectivity index is 0.000000450. The molecule has 2 rings (SSSR count). The second-order valence-corrected chi connectivity index (χ2v) is 5.63. The van der Waals surface area contributed by atoms with Crippen LogP contribution in [0.25, 0.3) is 6.08 Å². The molecule has 4 N–H and O–H groups in total. The minimum absolute atomic E-state index is 0.0889. The van der Waals surface area contributed by atoms with Crippen molar-refractivity contribution in [1.82, 2.24) is 5.32 Å². The monoisotopic (exact) mass is 350 g/mol. The van der Waals surface area contributed by atoms with E-state index >= 15 is 0 Å². The number of aliphatic hydroxyl groups is 1. The number of aliphatic hydroxyl groups excluding tert-OH is 1. The molecular weight excluding hydrogens is 328 g/mol. The Labute approximate surface area is 144 Å². The number of hydrogen-bond acceptors (Lipinski definition) is 5. The number of nitrogens with zero attached hydrogens (tertiary/aromatic N) is 1. The fourth-order valence-corrected chi connectivity index (χ4v) is 2.35. The highest BCUT2D eigenvalue weighted by atomic mass is 16.4. The summed E-state index contributed by atoms with van der Waals surface area (Å²) < 4.78 is 0. The molecule has 8 heteroatoms. The summed E-state index contributed by atoms with van der Waals surface area (Å²) >= 11 is 0. The summed E-state index contributed by atoms with van der Waals surface area (Å²) in [7, 11) is 0. The summed E-state index contributed by atoms with van der Waals surface area (Å²) in [6.07, 6.45) is 2.71. The van der Waals surface area contributed by atoms with Crippen LogP contribution in [-0.2, 0) is 14.4 Å². The third-order valence-electron chi connectivity index (χ3n) is 3.48. The molecule has 0 saturated heterocycles. The largest absolute Gasteiger partial charge is 0.473 e. The maximum absolute atomic E-state index is 12.0. The first-order chi connectivity index (χ1) is 11.8. The Morgan fingerprint density at radius 2 is 1.84 bits per heavy atom. The highest BCUT2D eigenvalue weighted by Gasteiger charge is 2.18. The normalized spacial score (nSPS) is 15.2. The van der Waals surface area contributed by atoms with Crippen molar-refractivity contribution in [3.63, 3.8) is 0 Å². The molecule has 0 aromatic heterocycles. The molecule has 136 valence electrons. The number of aliphatic carboxylic acids is 2. The molecule has 1 atom stereocenters. The minimum Gasteiger partial charge on any atom is -0.473 e. The van der Waals surface area contributed by atoms with Gasteiger partial charge in [-0.25, -0.2) is 14.6 Å². The van der Waals surface area contributed by atoms with E-state index in [9.17, 15) is 4.79 Å². The van der Waals surface area contributed by atoms with Crippen molar-refractivity contribution in [2.75, 3.05) is 19.7 Å². The number of hydrogen-bond donors (Lipinski definition) is 4. The number of aryl methyl sites for hydroxylation is 2. The Kier molecular flexibility index (Phi) is 7.90. The van der Waals surface area contributed by atoms with E-state index < -0.39 is 11.9 Å². The second-order valence-electron chi connectivity index (χ2n) is 5.63. The number of carboxylic acid groups (broad SMARTS) is 2. The first kappa shape index (κ1) is 20.5. The lowest BCUT2D eigenvalue weighted by molar-refractivity contribution is -0.159. The number of amides is 1. The molecule has 1 aromatic rings. The van der Waals surface area contributed by atoms with Gasteiger partial charge in [-0.15, -0.1) is 0 Å². The zero-order valence-electron chi connectivity index (χ0n) is 14.2. The molecule has 0 saturated carbocycles. The standard InChI is InChI=1S/C15H20N2O2.C2H2O4/c1-10-6-11(2)13-8-12(9-16-4-3-5-18)15(19)17-14(13)7-10;3-1(4)2(5)6/h6-8,12,16,18H,3-5,9H2,1-2H3;(H,3,4)(H,5,6). The lowest BCUT2D eigenvalue weighted by Crippen LogP contribution is -2.39. The van der Waals surface area contributed by atoms with Crippen LogP contribution in [0.2, 0.25) is 0 Å². The van der Waals surface area contributed by atoms with Crippen LogP contribution in [0.4, 0.5) is 0 Å². The molecule has 8 nitrogen and oxygen atoms in total. The number of benzene rings is 1. The van der Waals surface area contributed by atoms with Gasteiger partial charge in [-0.2, -0.15) is 0 Å². The zero-order valence-corrected chi connectivity index (χ0v) is 14.2. The second kappa shape index (κ2) is 9.65. The maximum atomic E-state index is 12.0. The van der Waals surface area contributed by atoms with Gasteiger partial charge in [0.05, 0.1) is 11.3 Å². The highest BCUT2D eigenvalue weighted by molar-refractivity contribution is 6.27. The molecule has 1 aromatic carbocycles. The van der Waals surface area contributed by atoms with Crippen LogP contribution in [0.3, 0.4) is 0 Å². The van der Waals surface area contributed by atoms with E-state index in [1.807, 2.05) is 26.0 Å². The molecule has 0 spiro atoms. The van der Waals surface area contributed by atoms with Gasteiger partial charge in [0, 0.05) is 18.4 Å². The molecule has 1 amide bonds. The lowest BCUT2D eigenvalue weighted by atomic mass is 10.00. The van der Waals surface area contributed by atoms with Crippen molar-refractivity contribution in [2.45, 2.75) is 20.3 Å². The van der Waals surface area contributed by atoms with Gasteiger partial charge in [0.2, 0.25) is 0 Å². The highest BCUT2D eigenvalue weighted by Crippen LogP contribution is 2.05. The number of carbonyl (C=O) groups is 3. The molecule has 1 heterocycles. The molecule has 1 aliphatic rings. The SMILES string of the molecule is Cc1cc(C)c2c(c1)=NC(=O)C(CNCCCO)C=2.O=C(O)C(=O)O. The Hall–Kier alpha value is -2.58. The van der Waals surface area contributed by atoms with E-state index in [1.165, 1.54) is 0 Å². The van der Waals surface area contributed by atoms with Crippen molar-refractivity contribution in [1.29, 1.82) is 0 Å². The molecule has 0 fully saturated rings. The van der Waals surface area contributed by atoms with Crippen molar-refractivity contribution in [3.8, 4) is 0 Å². The number of nitrogens with one attached hydrogen (secondary N) is 1. The summed E-state index contributed by atoms with van der Waals surface area (Å²) in [5, 5.41) is 28.5. The van der Waals surface area contributed by atoms with E-state index in [-0.39, 0.29) is 18.4 Å². The van der Waals surface area contributed by atoms with Crippen LogP contribution in [-0.4, -0.2) is 52.9 Å². The predicted octanol–water partition coefficient (Wildman–Crippen LogP) is -1.01. The van der Waals surface area contributed by atoms with E-state index in [0.717, 1.165) is 21.7 Å². The Morgan fingerprint density at radius 3 is 2.40 bits per heavy atom. The van der Waals surface area contributed by atoms with Crippen molar-refractivity contribution >= 4 is 23.9 Å². The summed E-state index contributed by atoms with van der Waals surface area (Å²) in [4.78, 5) is 34.3. The molecule has 25 heavy (non-hydrogen) atoms. The average Bonchev–Trinajstić information content (AvgIpc) is 2.52. The van der Waals surface area contributed by atoms with E-state index in [2.05, 4.69) is 16.4 Å². The first-order valence-corrected chi connectivity index (χ1v) is 7.75. The topological polar surface area (TPSA) is 136 Å². The molecule has 0 bridgehead atoms. The average molecular weight is 350 g/mol. The fourth-order valence-electron chi connectivity index (χ4n) is 2.35. The molecule has 0 radical (unpaired) electrons. The van der Waals surface area contributed by atoms with E-state index in [1.54, 1.807) is 0 Å². The predicted molar refractivity (Wildman–Crippen MR) is 89.5 cm³/mol. The summed E-state index contributed by atoms with van der Waals surface area (Å²) in [5.74, 6) is -3.94. The van der Waals surface area contributed by atoms with Gasteiger partial charge >= 0.3 is 11.9 Å². The molecule has 1 aliphatic heterocycles. The minimum atomic E-state index is -1.82. The summed E-state index contributed by atoms with van der Waals surface area (Å²) in [5.41, 5.74) is 2.28. The summed E-state index contributed by atoms with van der Waals surface area (Å²) in [6, 6.07) is 4.06. The van der Waals surface area contributed by atoms with E-state index in [0.29, 0.717) is 19.5 Å². The van der Waals surface area contributed by atoms with Crippen molar-refractivity contribution in [2.24, 2.45) is 10.9 Å². The Bertz CT molecular complexity index is 760. The fraction of sp³-hybridized carbons (Fsp3) is 0.412. The summed E-state index contributed by atoms with van der Waals surface area (Å²) in [6.45, 7) is 5.52. The van der Waals surface area contributed by atoms with Gasteiger partial charge in [-0.1, -0.05) is 12.1 Å². The van der Waals surface area contributed by atoms with Gasteiger partial charge < -0.3 is 20.6 Å². The Morgan fingerprint density at radius 1 is 1.20 bits per heavy atom. The van der Waals surface area contributed by atoms with Gasteiger partial charge in [-0.05, 0) is 44.0 Å². The van der Waals surface area contributed by atoms with Crippen LogP contribution < -0.4 is 15.9 Å². The van der Waals surface area contributed by atoms with Gasteiger partial charge in [0.15, 0.2) is 0 Å². The van der Waals surface area contributed by atoms with Gasteiger partial charge in [-0.3, -0.25) is 4.79 Å². The van der Waals surface area contributed by atoms with Crippen LogP contribution in [0, 0.1) is 19.8 Å². The van der Waals surface area contributed by atoms with Crippen molar-refractivity contribution in [3.05, 3.63) is 33.8 Å². The maximum Gasteiger partial charge on any atom is 0.414 e. The lowest BCUT2D eigenvalue weighted by Gasteiger charge is -2.14. The smallest absolute Gasteiger partial charge is 0.414 e. The van der Waals surface area contributed by atoms with Crippen LogP contribution >= 0.6 is 0 Å². The van der Waals surface area contributed by atoms with Gasteiger partial charge in [0.1, 0.15) is 0 Å². The molecule has 1 unspecified atom stereocenters. The number of carbonyl (C=O) groups excluding carboxylic acids is 1. The molecular formula is C17H22N2O6. The van der Waals surface area contributed by atoms with Crippen molar-refractivity contribution < 1.29 is 29.7 Å². The van der Waals surface area contributed by atoms with Crippen LogP contribution in [0.1, 0.15) is 17.5 Å². The van der Waals surface area contributed by atoms with Gasteiger partial charge in [0.25, 0.3) is 5.91 Å². The quantitative estimate of drug-likeness (QED) is 0.394. The third-order valence-corrected chi connectivity index (χ3v) is 3.48. The third kappa shape index (κ3) is 6.44. The first-order valence-electron chi connectivity index (χ1n) is 7.75.